The highest BCUT2D eigenvalue weighted by molar-refractivity contribution is 5.87. The smallest absolute Gasteiger partial charge is 0.320 e. The summed E-state index contributed by atoms with van der Waals surface area (Å²) >= 11 is 0. The molecular weight excluding hydrogens is 444 g/mol. The normalized spacial score (nSPS) is 19.6. The number of hydrogen-bond acceptors (Lipinski definition) is 7. The van der Waals surface area contributed by atoms with Gasteiger partial charge in [-0.25, -0.2) is 9.67 Å². The van der Waals surface area contributed by atoms with Gasteiger partial charge in [0.15, 0.2) is 0 Å². The Morgan fingerprint density at radius 2 is 2.09 bits per heavy atom. The average Bonchev–Trinajstić information content (AvgIpc) is 3.44. The number of pyridine rings is 1. The molecule has 4 heterocycles. The zero-order valence-electron chi connectivity index (χ0n) is 18.8. The Hall–Kier alpha value is -3.44. The molecule has 1 fully saturated rings. The summed E-state index contributed by atoms with van der Waals surface area (Å²) in [6, 6.07) is 8.65. The van der Waals surface area contributed by atoms with Crippen LogP contribution in [0.5, 0.6) is 5.75 Å². The Bertz CT molecular complexity index is 1290. The molecule has 11 heteroatoms. The van der Waals surface area contributed by atoms with E-state index in [1.165, 1.54) is 0 Å². The van der Waals surface area contributed by atoms with Crippen molar-refractivity contribution < 1.29 is 18.6 Å². The third-order valence-electron chi connectivity index (χ3n) is 6.18. The van der Waals surface area contributed by atoms with E-state index in [1.807, 2.05) is 26.0 Å². The van der Waals surface area contributed by atoms with Gasteiger partial charge >= 0.3 is 6.55 Å². The maximum atomic E-state index is 13.7. The molecule has 5 rings (SSSR count). The third kappa shape index (κ3) is 4.01. The lowest BCUT2D eigenvalue weighted by atomic mass is 10.0. The Morgan fingerprint density at radius 1 is 1.24 bits per heavy atom. The molecule has 178 valence electrons. The van der Waals surface area contributed by atoms with Crippen molar-refractivity contribution >= 4 is 11.0 Å². The number of nitrogens with one attached hydrogen (secondary N) is 1. The Morgan fingerprint density at radius 3 is 2.82 bits per heavy atom. The number of fused-ring (bicyclic) bond motifs is 1. The van der Waals surface area contributed by atoms with Gasteiger partial charge in [-0.15, -0.1) is 5.10 Å². The molecule has 0 aliphatic carbocycles. The van der Waals surface area contributed by atoms with Gasteiger partial charge in [0.1, 0.15) is 29.4 Å². The van der Waals surface area contributed by atoms with Crippen LogP contribution in [0.25, 0.3) is 22.3 Å². The second-order valence-corrected chi connectivity index (χ2v) is 8.38. The molecule has 0 amide bonds. The van der Waals surface area contributed by atoms with E-state index >= 15 is 0 Å². The average molecular weight is 469 g/mol. The van der Waals surface area contributed by atoms with Crippen molar-refractivity contribution in [1.29, 1.82) is 0 Å². The first kappa shape index (κ1) is 22.4. The molecular formula is C23H25F2N7O2. The zero-order chi connectivity index (χ0) is 23.8. The minimum atomic E-state index is -2.77. The Kier molecular flexibility index (Phi) is 5.96. The van der Waals surface area contributed by atoms with Gasteiger partial charge in [-0.3, -0.25) is 9.55 Å². The SMILES string of the molecule is Cc1c(-c2cc(O[C@H](C)c3ccccn3)c3c(c2)ncn3C(F)F)nnn1[C@H]1CCNC[C@H]1O. The van der Waals surface area contributed by atoms with Crippen molar-refractivity contribution in [2.45, 2.75) is 45.1 Å². The van der Waals surface area contributed by atoms with Gasteiger partial charge in [0.05, 0.1) is 29.1 Å². The first-order chi connectivity index (χ1) is 16.4. The Balaban J connectivity index is 1.58. The standard InChI is InChI=1S/C23H25F2N7O2/c1-13-21(29-30-32(13)18-6-8-26-11-19(18)33)15-9-17-22(31(12-28-17)23(24)25)20(10-15)34-14(2)16-5-3-4-7-27-16/h3-5,7,9-10,12,14,18-19,23,26,33H,6,8,11H2,1-2H3/t14-,18+,19-/m1/s1. The van der Waals surface area contributed by atoms with Crippen LogP contribution in [0.4, 0.5) is 8.78 Å². The fourth-order valence-electron chi connectivity index (χ4n) is 4.41. The highest BCUT2D eigenvalue weighted by Crippen LogP contribution is 2.37. The molecule has 2 N–H and O–H groups in total. The molecule has 1 aromatic carbocycles. The van der Waals surface area contributed by atoms with E-state index in [9.17, 15) is 13.9 Å². The minimum Gasteiger partial charge on any atom is -0.482 e. The number of piperidine rings is 1. The number of benzene rings is 1. The number of ether oxygens (including phenoxy) is 1. The summed E-state index contributed by atoms with van der Waals surface area (Å²) in [4.78, 5) is 8.50. The monoisotopic (exact) mass is 469 g/mol. The maximum Gasteiger partial charge on any atom is 0.320 e. The van der Waals surface area contributed by atoms with Crippen LogP contribution in [0.3, 0.4) is 0 Å². The molecule has 1 aliphatic rings. The van der Waals surface area contributed by atoms with Crippen LogP contribution < -0.4 is 10.1 Å². The van der Waals surface area contributed by atoms with Gasteiger partial charge in [0.25, 0.3) is 0 Å². The minimum absolute atomic E-state index is 0.191. The maximum absolute atomic E-state index is 13.7. The second-order valence-electron chi connectivity index (χ2n) is 8.38. The quantitative estimate of drug-likeness (QED) is 0.446. The van der Waals surface area contributed by atoms with E-state index in [4.69, 9.17) is 4.74 Å². The number of aromatic nitrogens is 6. The van der Waals surface area contributed by atoms with Gasteiger partial charge in [-0.05, 0) is 51.1 Å². The third-order valence-corrected chi connectivity index (χ3v) is 6.18. The van der Waals surface area contributed by atoms with Crippen LogP contribution in [0, 0.1) is 6.92 Å². The number of aliphatic hydroxyl groups is 1. The summed E-state index contributed by atoms with van der Waals surface area (Å²) in [6.07, 6.45) is 2.42. The number of aliphatic hydroxyl groups excluding tert-OH is 1. The van der Waals surface area contributed by atoms with Gasteiger partial charge in [0, 0.05) is 18.3 Å². The lowest BCUT2D eigenvalue weighted by Gasteiger charge is -2.28. The first-order valence-electron chi connectivity index (χ1n) is 11.1. The number of alkyl halides is 2. The fraction of sp³-hybridized carbons (Fsp3) is 0.391. The van der Waals surface area contributed by atoms with Crippen LogP contribution in [0.2, 0.25) is 0 Å². The molecule has 0 unspecified atom stereocenters. The van der Waals surface area contributed by atoms with Crippen molar-refractivity contribution in [3.05, 3.63) is 54.2 Å². The molecule has 1 saturated heterocycles. The lowest BCUT2D eigenvalue weighted by molar-refractivity contribution is 0.0737. The largest absolute Gasteiger partial charge is 0.482 e. The van der Waals surface area contributed by atoms with Crippen LogP contribution in [-0.2, 0) is 0 Å². The summed E-state index contributed by atoms with van der Waals surface area (Å²) in [5.74, 6) is 0.249. The molecule has 0 radical (unpaired) electrons. The number of halogens is 2. The number of imidazole rings is 1. The topological polar surface area (TPSA) is 103 Å². The van der Waals surface area contributed by atoms with Crippen molar-refractivity contribution in [2.75, 3.05) is 13.1 Å². The summed E-state index contributed by atoms with van der Waals surface area (Å²) in [7, 11) is 0. The second kappa shape index (κ2) is 9.07. The molecule has 0 spiro atoms. The van der Waals surface area contributed by atoms with E-state index in [-0.39, 0.29) is 17.3 Å². The highest BCUT2D eigenvalue weighted by Gasteiger charge is 2.28. The van der Waals surface area contributed by atoms with Crippen molar-refractivity contribution in [2.24, 2.45) is 0 Å². The van der Waals surface area contributed by atoms with Crippen molar-refractivity contribution in [3.63, 3.8) is 0 Å². The van der Waals surface area contributed by atoms with Gasteiger partial charge in [-0.2, -0.15) is 8.78 Å². The molecule has 34 heavy (non-hydrogen) atoms. The lowest BCUT2D eigenvalue weighted by Crippen LogP contribution is -2.42. The molecule has 0 bridgehead atoms. The van der Waals surface area contributed by atoms with E-state index in [2.05, 4.69) is 25.6 Å². The molecule has 3 aromatic heterocycles. The molecule has 3 atom stereocenters. The number of nitrogens with zero attached hydrogens (tertiary/aromatic N) is 6. The van der Waals surface area contributed by atoms with Crippen molar-refractivity contribution in [1.82, 2.24) is 34.8 Å². The van der Waals surface area contributed by atoms with Crippen LogP contribution in [0.1, 0.15) is 43.4 Å². The van der Waals surface area contributed by atoms with Gasteiger partial charge in [-0.1, -0.05) is 11.3 Å². The predicted molar refractivity (Wildman–Crippen MR) is 121 cm³/mol. The number of rotatable bonds is 6. The van der Waals surface area contributed by atoms with Gasteiger partial charge < -0.3 is 15.2 Å². The summed E-state index contributed by atoms with van der Waals surface area (Å²) in [6.45, 7) is 2.18. The molecule has 9 nitrogen and oxygen atoms in total. The van der Waals surface area contributed by atoms with Crippen LogP contribution in [-0.4, -0.2) is 53.8 Å². The number of β-amino-alcohol motifs (C(OH)–C–C–N with tert-alkyl or cyclic N) is 1. The van der Waals surface area contributed by atoms with Crippen molar-refractivity contribution in [3.8, 4) is 17.0 Å². The van der Waals surface area contributed by atoms with E-state index in [0.29, 0.717) is 29.0 Å². The fourth-order valence-corrected chi connectivity index (χ4v) is 4.41. The van der Waals surface area contributed by atoms with E-state index in [0.717, 1.165) is 29.6 Å². The predicted octanol–water partition coefficient (Wildman–Crippen LogP) is 3.43. The summed E-state index contributed by atoms with van der Waals surface area (Å²) < 4.78 is 36.1. The van der Waals surface area contributed by atoms with Crippen LogP contribution in [0.15, 0.2) is 42.9 Å². The molecule has 0 saturated carbocycles. The van der Waals surface area contributed by atoms with Gasteiger partial charge in [0.2, 0.25) is 0 Å². The van der Waals surface area contributed by atoms with Crippen LogP contribution >= 0.6 is 0 Å². The first-order valence-corrected chi connectivity index (χ1v) is 11.1. The highest BCUT2D eigenvalue weighted by atomic mass is 19.3. The molecule has 4 aromatic rings. The zero-order valence-corrected chi connectivity index (χ0v) is 18.8. The van der Waals surface area contributed by atoms with E-state index < -0.39 is 18.8 Å². The van der Waals surface area contributed by atoms with E-state index in [1.54, 1.807) is 29.1 Å². The summed E-state index contributed by atoms with van der Waals surface area (Å²) in [5.41, 5.74) is 3.21. The number of hydrogen-bond donors (Lipinski definition) is 2. The summed E-state index contributed by atoms with van der Waals surface area (Å²) in [5, 5.41) is 22.2. The molecule has 1 aliphatic heterocycles. The Labute approximate surface area is 194 Å².